The van der Waals surface area contributed by atoms with E-state index in [1.54, 1.807) is 6.92 Å². The van der Waals surface area contributed by atoms with Crippen LogP contribution in [0.3, 0.4) is 0 Å². The maximum atomic E-state index is 11.5. The van der Waals surface area contributed by atoms with Gasteiger partial charge in [0.15, 0.2) is 0 Å². The van der Waals surface area contributed by atoms with E-state index in [9.17, 15) is 8.42 Å². The first-order valence-corrected chi connectivity index (χ1v) is 5.73. The van der Waals surface area contributed by atoms with Gasteiger partial charge in [0.2, 0.25) is 10.0 Å². The molecular formula is C7H15NO3S. The summed E-state index contributed by atoms with van der Waals surface area (Å²) >= 11 is 0. The molecule has 4 nitrogen and oxygen atoms in total. The molecule has 0 radical (unpaired) electrons. The van der Waals surface area contributed by atoms with Crippen LogP contribution in [0.25, 0.3) is 0 Å². The third-order valence-corrected chi connectivity index (χ3v) is 4.48. The Morgan fingerprint density at radius 3 is 2.42 bits per heavy atom. The minimum atomic E-state index is -3.07. The summed E-state index contributed by atoms with van der Waals surface area (Å²) in [5, 5.41) is 8.46. The van der Waals surface area contributed by atoms with Crippen molar-refractivity contribution in [2.75, 3.05) is 19.7 Å². The number of sulfonamides is 1. The summed E-state index contributed by atoms with van der Waals surface area (Å²) in [6, 6.07) is 0. The van der Waals surface area contributed by atoms with Crippen molar-refractivity contribution in [2.24, 2.45) is 0 Å². The molecular weight excluding hydrogens is 178 g/mol. The Labute approximate surface area is 73.2 Å². The van der Waals surface area contributed by atoms with Gasteiger partial charge in [-0.3, -0.25) is 0 Å². The lowest BCUT2D eigenvalue weighted by Gasteiger charge is -2.18. The molecule has 1 fully saturated rings. The highest BCUT2D eigenvalue weighted by Crippen LogP contribution is 2.30. The van der Waals surface area contributed by atoms with Gasteiger partial charge in [-0.05, 0) is 12.8 Å². The largest absolute Gasteiger partial charge is 0.395 e. The first-order chi connectivity index (χ1) is 5.62. The topological polar surface area (TPSA) is 57.6 Å². The molecule has 0 aromatic heterocycles. The molecule has 0 unspecified atom stereocenters. The molecule has 0 heterocycles. The third kappa shape index (κ3) is 1.97. The van der Waals surface area contributed by atoms with Crippen molar-refractivity contribution in [3.05, 3.63) is 0 Å². The van der Waals surface area contributed by atoms with Crippen molar-refractivity contribution >= 4 is 10.0 Å². The van der Waals surface area contributed by atoms with Gasteiger partial charge in [-0.1, -0.05) is 6.92 Å². The van der Waals surface area contributed by atoms with Gasteiger partial charge in [-0.2, -0.15) is 4.31 Å². The average molecular weight is 193 g/mol. The Bertz CT molecular complexity index is 233. The highest BCUT2D eigenvalue weighted by molar-refractivity contribution is 7.90. The van der Waals surface area contributed by atoms with Gasteiger partial charge < -0.3 is 5.11 Å². The molecule has 1 saturated carbocycles. The van der Waals surface area contributed by atoms with E-state index in [4.69, 9.17) is 5.11 Å². The summed E-state index contributed by atoms with van der Waals surface area (Å²) in [6.07, 6.45) is 1.56. The van der Waals surface area contributed by atoms with Gasteiger partial charge in [0, 0.05) is 13.1 Å². The van der Waals surface area contributed by atoms with Crippen molar-refractivity contribution in [3.63, 3.8) is 0 Å². The van der Waals surface area contributed by atoms with Gasteiger partial charge in [-0.25, -0.2) is 8.42 Å². The molecule has 5 heteroatoms. The molecule has 1 N–H and O–H groups in total. The quantitative estimate of drug-likeness (QED) is 0.657. The molecule has 1 aliphatic carbocycles. The fourth-order valence-corrected chi connectivity index (χ4v) is 3.00. The molecule has 0 aliphatic heterocycles. The van der Waals surface area contributed by atoms with Gasteiger partial charge in [-0.15, -0.1) is 0 Å². The normalized spacial score (nSPS) is 18.6. The summed E-state index contributed by atoms with van der Waals surface area (Å²) in [5.41, 5.74) is 0. The van der Waals surface area contributed by atoms with Gasteiger partial charge >= 0.3 is 0 Å². The van der Waals surface area contributed by atoms with E-state index in [0.29, 0.717) is 6.54 Å². The molecule has 72 valence electrons. The summed E-state index contributed by atoms with van der Waals surface area (Å²) < 4.78 is 24.4. The monoisotopic (exact) mass is 193 g/mol. The zero-order chi connectivity index (χ0) is 9.19. The number of hydrogen-bond donors (Lipinski definition) is 1. The SMILES string of the molecule is CCN(CCO)S(=O)(=O)C1CC1. The van der Waals surface area contributed by atoms with Crippen molar-refractivity contribution in [3.8, 4) is 0 Å². The van der Waals surface area contributed by atoms with Crippen LogP contribution in [0.2, 0.25) is 0 Å². The molecule has 1 aliphatic rings. The zero-order valence-electron chi connectivity index (χ0n) is 7.23. The Hall–Kier alpha value is -0.130. The maximum Gasteiger partial charge on any atom is 0.217 e. The number of aliphatic hydroxyl groups is 1. The second-order valence-electron chi connectivity index (χ2n) is 2.96. The van der Waals surface area contributed by atoms with Crippen LogP contribution in [-0.2, 0) is 10.0 Å². The molecule has 0 aromatic rings. The van der Waals surface area contributed by atoms with Crippen LogP contribution in [-0.4, -0.2) is 42.8 Å². The predicted octanol–water partition coefficient (Wildman–Crippen LogP) is -0.207. The van der Waals surface area contributed by atoms with E-state index in [0.717, 1.165) is 12.8 Å². The van der Waals surface area contributed by atoms with Crippen molar-refractivity contribution < 1.29 is 13.5 Å². The lowest BCUT2D eigenvalue weighted by molar-refractivity contribution is 0.257. The average Bonchev–Trinajstić information content (AvgIpc) is 2.81. The molecule has 0 amide bonds. The van der Waals surface area contributed by atoms with Crippen LogP contribution in [0.4, 0.5) is 0 Å². The minimum absolute atomic E-state index is 0.0974. The van der Waals surface area contributed by atoms with Crippen LogP contribution < -0.4 is 0 Å². The van der Waals surface area contributed by atoms with Gasteiger partial charge in [0.1, 0.15) is 0 Å². The van der Waals surface area contributed by atoms with E-state index in [2.05, 4.69) is 0 Å². The zero-order valence-corrected chi connectivity index (χ0v) is 8.05. The lowest BCUT2D eigenvalue weighted by atomic mass is 10.6. The molecule has 0 bridgehead atoms. The second-order valence-corrected chi connectivity index (χ2v) is 5.17. The Balaban J connectivity index is 2.62. The summed E-state index contributed by atoms with van der Waals surface area (Å²) in [7, 11) is -3.07. The van der Waals surface area contributed by atoms with E-state index in [1.807, 2.05) is 0 Å². The third-order valence-electron chi connectivity index (χ3n) is 2.01. The molecule has 0 aromatic carbocycles. The minimum Gasteiger partial charge on any atom is -0.395 e. The second kappa shape index (κ2) is 3.72. The standard InChI is InChI=1S/C7H15NO3S/c1-2-8(5-6-9)12(10,11)7-3-4-7/h7,9H,2-6H2,1H3. The number of hydrogen-bond acceptors (Lipinski definition) is 3. The number of aliphatic hydroxyl groups excluding tert-OH is 1. The van der Waals surface area contributed by atoms with Crippen LogP contribution in [0.1, 0.15) is 19.8 Å². The van der Waals surface area contributed by atoms with E-state index >= 15 is 0 Å². The van der Waals surface area contributed by atoms with Gasteiger partial charge in [0.05, 0.1) is 11.9 Å². The number of nitrogens with zero attached hydrogens (tertiary/aromatic N) is 1. The summed E-state index contributed by atoms with van der Waals surface area (Å²) in [5.74, 6) is 0. The van der Waals surface area contributed by atoms with Crippen LogP contribution in [0.5, 0.6) is 0 Å². The molecule has 0 saturated heterocycles. The Morgan fingerprint density at radius 2 is 2.08 bits per heavy atom. The fourth-order valence-electron chi connectivity index (χ4n) is 1.15. The Morgan fingerprint density at radius 1 is 1.50 bits per heavy atom. The van der Waals surface area contributed by atoms with Crippen LogP contribution in [0.15, 0.2) is 0 Å². The smallest absolute Gasteiger partial charge is 0.217 e. The number of likely N-dealkylation sites (N-methyl/N-ethyl adjacent to an activating group) is 1. The van der Waals surface area contributed by atoms with E-state index in [1.165, 1.54) is 4.31 Å². The van der Waals surface area contributed by atoms with Crippen LogP contribution in [0, 0.1) is 0 Å². The first-order valence-electron chi connectivity index (χ1n) is 4.22. The molecule has 0 atom stereocenters. The number of rotatable bonds is 5. The van der Waals surface area contributed by atoms with Crippen molar-refractivity contribution in [1.82, 2.24) is 4.31 Å². The summed E-state index contributed by atoms with van der Waals surface area (Å²) in [6.45, 7) is 2.38. The maximum absolute atomic E-state index is 11.5. The highest BCUT2D eigenvalue weighted by Gasteiger charge is 2.39. The van der Waals surface area contributed by atoms with E-state index in [-0.39, 0.29) is 18.4 Å². The van der Waals surface area contributed by atoms with E-state index < -0.39 is 10.0 Å². The predicted molar refractivity (Wildman–Crippen MR) is 46.3 cm³/mol. The first kappa shape index (κ1) is 9.95. The fraction of sp³-hybridized carbons (Fsp3) is 1.00. The van der Waals surface area contributed by atoms with Crippen molar-refractivity contribution in [1.29, 1.82) is 0 Å². The lowest BCUT2D eigenvalue weighted by Crippen LogP contribution is -2.35. The molecule has 12 heavy (non-hydrogen) atoms. The molecule has 1 rings (SSSR count). The van der Waals surface area contributed by atoms with Crippen LogP contribution >= 0.6 is 0 Å². The molecule has 0 spiro atoms. The Kier molecular flexibility index (Phi) is 3.09. The highest BCUT2D eigenvalue weighted by atomic mass is 32.2. The summed E-state index contributed by atoms with van der Waals surface area (Å²) in [4.78, 5) is 0. The van der Waals surface area contributed by atoms with Gasteiger partial charge in [0.25, 0.3) is 0 Å². The van der Waals surface area contributed by atoms with Crippen molar-refractivity contribution in [2.45, 2.75) is 25.0 Å².